The molecule has 0 saturated carbocycles. The fraction of sp³-hybridized carbons (Fsp3) is 0.333. The van der Waals surface area contributed by atoms with E-state index in [9.17, 15) is 4.79 Å². The Morgan fingerprint density at radius 2 is 1.79 bits per heavy atom. The molecule has 1 fully saturated rings. The molecule has 0 unspecified atom stereocenters. The zero-order valence-corrected chi connectivity index (χ0v) is 13.2. The molecule has 19 heavy (non-hydrogen) atoms. The lowest BCUT2D eigenvalue weighted by Crippen LogP contribution is -2.44. The average molecular weight is 291 g/mol. The smallest absolute Gasteiger partial charge is 0.266 e. The van der Waals surface area contributed by atoms with Crippen molar-refractivity contribution in [2.24, 2.45) is 0 Å². The highest BCUT2D eigenvalue weighted by molar-refractivity contribution is 8.26. The van der Waals surface area contributed by atoms with E-state index in [1.54, 1.807) is 4.90 Å². The van der Waals surface area contributed by atoms with Crippen LogP contribution < -0.4 is 0 Å². The van der Waals surface area contributed by atoms with Crippen molar-refractivity contribution in [3.8, 4) is 0 Å². The van der Waals surface area contributed by atoms with Crippen molar-refractivity contribution < 1.29 is 4.79 Å². The van der Waals surface area contributed by atoms with Gasteiger partial charge in [0.15, 0.2) is 0 Å². The van der Waals surface area contributed by atoms with Crippen molar-refractivity contribution in [2.45, 2.75) is 33.2 Å². The molecule has 1 aromatic carbocycles. The van der Waals surface area contributed by atoms with E-state index in [1.807, 2.05) is 58.0 Å². The first-order valence-electron chi connectivity index (χ1n) is 6.14. The van der Waals surface area contributed by atoms with Gasteiger partial charge in [-0.2, -0.15) is 0 Å². The summed E-state index contributed by atoms with van der Waals surface area (Å²) in [4.78, 5) is 14.8. The number of aryl methyl sites for hydroxylation is 1. The zero-order valence-electron chi connectivity index (χ0n) is 11.6. The van der Waals surface area contributed by atoms with Gasteiger partial charge in [0.25, 0.3) is 5.91 Å². The molecule has 0 spiro atoms. The van der Waals surface area contributed by atoms with E-state index in [2.05, 4.69) is 0 Å². The van der Waals surface area contributed by atoms with Gasteiger partial charge in [0, 0.05) is 5.54 Å². The van der Waals surface area contributed by atoms with Crippen LogP contribution in [0.25, 0.3) is 6.08 Å². The molecule has 0 radical (unpaired) electrons. The number of carbonyl (C=O) groups excluding carboxylic acids is 1. The molecule has 1 aliphatic heterocycles. The molecule has 0 aromatic heterocycles. The number of rotatable bonds is 1. The number of hydrogen-bond acceptors (Lipinski definition) is 3. The van der Waals surface area contributed by atoms with Gasteiger partial charge in [0.1, 0.15) is 4.32 Å². The number of nitrogens with zero attached hydrogens (tertiary/aromatic N) is 1. The van der Waals surface area contributed by atoms with Crippen LogP contribution in [0.3, 0.4) is 0 Å². The Hall–Kier alpha value is -1.13. The number of benzene rings is 1. The van der Waals surface area contributed by atoms with Crippen LogP contribution in [0.4, 0.5) is 0 Å². The quantitative estimate of drug-likeness (QED) is 0.576. The maximum absolute atomic E-state index is 12.4. The Labute approximate surface area is 123 Å². The molecule has 4 heteroatoms. The van der Waals surface area contributed by atoms with Crippen molar-refractivity contribution >= 4 is 40.3 Å². The van der Waals surface area contributed by atoms with Crippen LogP contribution in [0.1, 0.15) is 31.9 Å². The second kappa shape index (κ2) is 5.10. The van der Waals surface area contributed by atoms with Gasteiger partial charge in [-0.1, -0.05) is 53.8 Å². The van der Waals surface area contributed by atoms with E-state index in [0.29, 0.717) is 9.23 Å². The molecule has 0 atom stereocenters. The van der Waals surface area contributed by atoms with Gasteiger partial charge >= 0.3 is 0 Å². The summed E-state index contributed by atoms with van der Waals surface area (Å²) in [7, 11) is 0. The molecule has 2 rings (SSSR count). The summed E-state index contributed by atoms with van der Waals surface area (Å²) in [6, 6.07) is 8.10. The molecule has 1 amide bonds. The van der Waals surface area contributed by atoms with Crippen LogP contribution in [0.5, 0.6) is 0 Å². The van der Waals surface area contributed by atoms with Crippen LogP contribution in [-0.4, -0.2) is 20.7 Å². The largest absolute Gasteiger partial charge is 0.288 e. The summed E-state index contributed by atoms with van der Waals surface area (Å²) in [5.41, 5.74) is 1.96. The summed E-state index contributed by atoms with van der Waals surface area (Å²) in [5.74, 6) is 0.00285. The Kier molecular flexibility index (Phi) is 3.83. The summed E-state index contributed by atoms with van der Waals surface area (Å²) in [5, 5.41) is 0. The van der Waals surface area contributed by atoms with Crippen LogP contribution in [0, 0.1) is 6.92 Å². The summed E-state index contributed by atoms with van der Waals surface area (Å²) < 4.78 is 0.635. The molecule has 1 aliphatic rings. The summed E-state index contributed by atoms with van der Waals surface area (Å²) in [6.45, 7) is 8.02. The van der Waals surface area contributed by atoms with E-state index < -0.39 is 0 Å². The maximum Gasteiger partial charge on any atom is 0.266 e. The summed E-state index contributed by atoms with van der Waals surface area (Å²) in [6.07, 6.45) is 1.91. The SMILES string of the molecule is Cc1ccc(/C=C2\SC(=S)N(C(C)(C)C)C2=O)cc1. The fourth-order valence-corrected chi connectivity index (χ4v) is 3.50. The minimum absolute atomic E-state index is 0.00285. The minimum Gasteiger partial charge on any atom is -0.288 e. The second-order valence-electron chi connectivity index (χ2n) is 5.60. The third-order valence-electron chi connectivity index (χ3n) is 2.84. The average Bonchev–Trinajstić information content (AvgIpc) is 2.56. The first-order valence-corrected chi connectivity index (χ1v) is 7.36. The Bertz CT molecular complexity index is 553. The fourth-order valence-electron chi connectivity index (χ4n) is 1.86. The van der Waals surface area contributed by atoms with Gasteiger partial charge in [-0.3, -0.25) is 9.69 Å². The van der Waals surface area contributed by atoms with Gasteiger partial charge in [-0.05, 0) is 39.3 Å². The van der Waals surface area contributed by atoms with E-state index >= 15 is 0 Å². The predicted octanol–water partition coefficient (Wildman–Crippen LogP) is 3.99. The standard InChI is InChI=1S/C15H17NOS2/c1-10-5-7-11(8-6-10)9-12-13(17)16(14(18)19-12)15(2,3)4/h5-9H,1-4H3/b12-9-. The molecule has 1 heterocycles. The van der Waals surface area contributed by atoms with Crippen LogP contribution in [-0.2, 0) is 4.79 Å². The maximum atomic E-state index is 12.4. The van der Waals surface area contributed by atoms with Gasteiger partial charge in [-0.25, -0.2) is 0 Å². The molecular formula is C15H17NOS2. The highest BCUT2D eigenvalue weighted by Crippen LogP contribution is 2.36. The summed E-state index contributed by atoms with van der Waals surface area (Å²) >= 11 is 6.68. The highest BCUT2D eigenvalue weighted by atomic mass is 32.2. The number of thioether (sulfide) groups is 1. The molecule has 0 bridgehead atoms. The number of hydrogen-bond donors (Lipinski definition) is 0. The van der Waals surface area contributed by atoms with Crippen LogP contribution in [0.15, 0.2) is 29.2 Å². The second-order valence-corrected chi connectivity index (χ2v) is 7.27. The molecule has 0 aliphatic carbocycles. The first kappa shape index (κ1) is 14.3. The van der Waals surface area contributed by atoms with Crippen molar-refractivity contribution in [3.05, 3.63) is 40.3 Å². The lowest BCUT2D eigenvalue weighted by Gasteiger charge is -2.30. The van der Waals surface area contributed by atoms with E-state index in [4.69, 9.17) is 12.2 Å². The number of thiocarbonyl (C=S) groups is 1. The van der Waals surface area contributed by atoms with Crippen LogP contribution in [0.2, 0.25) is 0 Å². The molecule has 0 N–H and O–H groups in total. The van der Waals surface area contributed by atoms with Gasteiger partial charge < -0.3 is 0 Å². The molecule has 1 saturated heterocycles. The van der Waals surface area contributed by atoms with Crippen molar-refractivity contribution in [2.75, 3.05) is 0 Å². The molecule has 2 nitrogen and oxygen atoms in total. The van der Waals surface area contributed by atoms with Crippen molar-refractivity contribution in [1.82, 2.24) is 4.90 Å². The van der Waals surface area contributed by atoms with Crippen molar-refractivity contribution in [1.29, 1.82) is 0 Å². The minimum atomic E-state index is -0.274. The van der Waals surface area contributed by atoms with Crippen LogP contribution >= 0.6 is 24.0 Å². The van der Waals surface area contributed by atoms with E-state index in [1.165, 1.54) is 17.3 Å². The topological polar surface area (TPSA) is 20.3 Å². The normalized spacial score (nSPS) is 18.5. The molecular weight excluding hydrogens is 274 g/mol. The monoisotopic (exact) mass is 291 g/mol. The Balaban J connectivity index is 2.31. The molecule has 100 valence electrons. The molecule has 1 aromatic rings. The van der Waals surface area contributed by atoms with E-state index in [0.717, 1.165) is 5.56 Å². The highest BCUT2D eigenvalue weighted by Gasteiger charge is 2.38. The lowest BCUT2D eigenvalue weighted by molar-refractivity contribution is -0.125. The van der Waals surface area contributed by atoms with Gasteiger partial charge in [0.05, 0.1) is 4.91 Å². The van der Waals surface area contributed by atoms with E-state index in [-0.39, 0.29) is 11.4 Å². The zero-order chi connectivity index (χ0) is 14.2. The van der Waals surface area contributed by atoms with Gasteiger partial charge in [-0.15, -0.1) is 0 Å². The number of carbonyl (C=O) groups is 1. The third kappa shape index (κ3) is 3.07. The lowest BCUT2D eigenvalue weighted by atomic mass is 10.1. The predicted molar refractivity (Wildman–Crippen MR) is 85.9 cm³/mol. The van der Waals surface area contributed by atoms with Crippen molar-refractivity contribution in [3.63, 3.8) is 0 Å². The Morgan fingerprint density at radius 1 is 1.21 bits per heavy atom. The number of amides is 1. The Morgan fingerprint density at radius 3 is 2.26 bits per heavy atom. The van der Waals surface area contributed by atoms with Gasteiger partial charge in [0.2, 0.25) is 0 Å². The third-order valence-corrected chi connectivity index (χ3v) is 4.14. The first-order chi connectivity index (χ1) is 8.79.